The van der Waals surface area contributed by atoms with Gasteiger partial charge in [-0.15, -0.1) is 5.10 Å². The number of furan rings is 1. The van der Waals surface area contributed by atoms with Gasteiger partial charge in [0.2, 0.25) is 0 Å². The lowest BCUT2D eigenvalue weighted by molar-refractivity contribution is 0.0333. The minimum atomic E-state index is -0.209. The first-order valence-electron chi connectivity index (χ1n) is 9.04. The lowest BCUT2D eigenvalue weighted by Crippen LogP contribution is -2.42. The van der Waals surface area contributed by atoms with E-state index in [2.05, 4.69) is 17.2 Å². The fourth-order valence-corrected chi connectivity index (χ4v) is 3.41. The smallest absolute Gasteiger partial charge is 0.290 e. The molecule has 25 heavy (non-hydrogen) atoms. The van der Waals surface area contributed by atoms with Crippen molar-refractivity contribution in [3.63, 3.8) is 0 Å². The van der Waals surface area contributed by atoms with Crippen LogP contribution in [0.5, 0.6) is 0 Å². The van der Waals surface area contributed by atoms with Gasteiger partial charge in [0.15, 0.2) is 5.76 Å². The fraction of sp³-hybridized carbons (Fsp3) is 0.611. The molecule has 7 heteroatoms. The Bertz CT molecular complexity index is 762. The number of aryl methyl sites for hydroxylation is 2. The van der Waals surface area contributed by atoms with E-state index in [1.165, 1.54) is 12.8 Å². The van der Waals surface area contributed by atoms with Crippen LogP contribution >= 0.6 is 0 Å². The van der Waals surface area contributed by atoms with Gasteiger partial charge in [-0.05, 0) is 38.7 Å². The lowest BCUT2D eigenvalue weighted by atomic mass is 10.0. The van der Waals surface area contributed by atoms with Gasteiger partial charge in [0, 0.05) is 31.7 Å². The second-order valence-corrected chi connectivity index (χ2v) is 6.92. The summed E-state index contributed by atoms with van der Waals surface area (Å²) in [6.45, 7) is 6.56. The number of fused-ring (bicyclic) bond motifs is 1. The third kappa shape index (κ3) is 3.08. The van der Waals surface area contributed by atoms with Gasteiger partial charge in [0.25, 0.3) is 5.91 Å². The van der Waals surface area contributed by atoms with Gasteiger partial charge >= 0.3 is 0 Å². The van der Waals surface area contributed by atoms with Crippen molar-refractivity contribution in [2.24, 2.45) is 5.92 Å². The number of amides is 1. The summed E-state index contributed by atoms with van der Waals surface area (Å²) in [4.78, 5) is 14.8. The van der Waals surface area contributed by atoms with Gasteiger partial charge in [-0.2, -0.15) is 0 Å². The van der Waals surface area contributed by atoms with E-state index >= 15 is 0 Å². The number of hydrogen-bond acceptors (Lipinski definition) is 5. The van der Waals surface area contributed by atoms with Crippen LogP contribution in [-0.4, -0.2) is 45.6 Å². The molecule has 2 aromatic rings. The standard InChI is InChI=1S/C18H24N4O3/c1-3-22-14-6-8-21(18(23)17-12(2)7-9-25-17)15(16(14)19-20-22)11-24-10-13-4-5-13/h7,9,13,15H,3-6,8,10-11H2,1-2H3. The Kier molecular flexibility index (Phi) is 4.33. The zero-order valence-corrected chi connectivity index (χ0v) is 14.8. The molecule has 0 aromatic carbocycles. The molecule has 1 amide bonds. The zero-order chi connectivity index (χ0) is 17.4. The summed E-state index contributed by atoms with van der Waals surface area (Å²) in [5.74, 6) is 0.989. The lowest BCUT2D eigenvalue weighted by Gasteiger charge is -2.34. The maximum Gasteiger partial charge on any atom is 0.290 e. The second kappa shape index (κ2) is 6.63. The normalized spacial score (nSPS) is 19.9. The summed E-state index contributed by atoms with van der Waals surface area (Å²) in [7, 11) is 0. The first-order chi connectivity index (χ1) is 12.2. The van der Waals surface area contributed by atoms with E-state index in [9.17, 15) is 4.79 Å². The molecule has 4 rings (SSSR count). The predicted molar refractivity (Wildman–Crippen MR) is 90.2 cm³/mol. The van der Waals surface area contributed by atoms with Crippen molar-refractivity contribution in [3.8, 4) is 0 Å². The molecule has 1 aliphatic heterocycles. The molecule has 0 N–H and O–H groups in total. The molecule has 1 unspecified atom stereocenters. The quantitative estimate of drug-likeness (QED) is 0.804. The first kappa shape index (κ1) is 16.3. The molecule has 1 aliphatic carbocycles. The monoisotopic (exact) mass is 344 g/mol. The van der Waals surface area contributed by atoms with Gasteiger partial charge in [-0.25, -0.2) is 4.68 Å². The van der Waals surface area contributed by atoms with Crippen LogP contribution in [0.25, 0.3) is 0 Å². The van der Waals surface area contributed by atoms with Gasteiger partial charge in [-0.3, -0.25) is 4.79 Å². The van der Waals surface area contributed by atoms with Crippen LogP contribution in [0.4, 0.5) is 0 Å². The molecule has 3 heterocycles. The summed E-state index contributed by atoms with van der Waals surface area (Å²) in [6, 6.07) is 1.61. The van der Waals surface area contributed by atoms with Gasteiger partial charge in [-0.1, -0.05) is 5.21 Å². The highest BCUT2D eigenvalue weighted by atomic mass is 16.5. The SMILES string of the molecule is CCn1nnc2c1CCN(C(=O)c1occc1C)C2COCC1CC1. The van der Waals surface area contributed by atoms with Crippen molar-refractivity contribution in [2.45, 2.75) is 45.7 Å². The number of nitrogens with zero attached hydrogens (tertiary/aromatic N) is 4. The molecular weight excluding hydrogens is 320 g/mol. The molecular formula is C18H24N4O3. The summed E-state index contributed by atoms with van der Waals surface area (Å²) < 4.78 is 13.3. The summed E-state index contributed by atoms with van der Waals surface area (Å²) in [5.41, 5.74) is 2.83. The van der Waals surface area contributed by atoms with Gasteiger partial charge < -0.3 is 14.1 Å². The van der Waals surface area contributed by atoms with Gasteiger partial charge in [0.1, 0.15) is 11.7 Å². The van der Waals surface area contributed by atoms with Gasteiger partial charge in [0.05, 0.1) is 18.6 Å². The second-order valence-electron chi connectivity index (χ2n) is 6.92. The van der Waals surface area contributed by atoms with E-state index in [-0.39, 0.29) is 11.9 Å². The van der Waals surface area contributed by atoms with E-state index in [0.717, 1.165) is 36.5 Å². The Morgan fingerprint density at radius 2 is 2.24 bits per heavy atom. The van der Waals surface area contributed by atoms with E-state index in [1.807, 2.05) is 22.6 Å². The molecule has 2 aromatic heterocycles. The molecule has 0 radical (unpaired) electrons. The Morgan fingerprint density at radius 3 is 2.92 bits per heavy atom. The van der Waals surface area contributed by atoms with E-state index in [0.29, 0.717) is 24.8 Å². The molecule has 0 bridgehead atoms. The van der Waals surface area contributed by atoms with Crippen LogP contribution in [0.15, 0.2) is 16.7 Å². The Hall–Kier alpha value is -2.15. The molecule has 7 nitrogen and oxygen atoms in total. The maximum atomic E-state index is 13.0. The van der Waals surface area contributed by atoms with Crippen molar-refractivity contribution in [1.82, 2.24) is 19.9 Å². The van der Waals surface area contributed by atoms with E-state index in [4.69, 9.17) is 9.15 Å². The highest BCUT2D eigenvalue weighted by Crippen LogP contribution is 2.32. The van der Waals surface area contributed by atoms with Crippen LogP contribution in [0.3, 0.4) is 0 Å². The number of carbonyl (C=O) groups is 1. The average molecular weight is 344 g/mol. The Labute approximate surface area is 146 Å². The molecule has 134 valence electrons. The topological polar surface area (TPSA) is 73.4 Å². The van der Waals surface area contributed by atoms with Crippen molar-refractivity contribution in [2.75, 3.05) is 19.8 Å². The number of carbonyl (C=O) groups excluding carboxylic acids is 1. The number of aromatic nitrogens is 3. The molecule has 1 saturated carbocycles. The number of rotatable bonds is 6. The van der Waals surface area contributed by atoms with E-state index in [1.54, 1.807) is 6.26 Å². The highest BCUT2D eigenvalue weighted by Gasteiger charge is 2.37. The fourth-order valence-electron chi connectivity index (χ4n) is 3.41. The van der Waals surface area contributed by atoms with E-state index < -0.39 is 0 Å². The minimum Gasteiger partial charge on any atom is -0.459 e. The molecule has 0 spiro atoms. The van der Waals surface area contributed by atoms with Crippen LogP contribution in [0, 0.1) is 12.8 Å². The largest absolute Gasteiger partial charge is 0.459 e. The zero-order valence-electron chi connectivity index (χ0n) is 14.8. The van der Waals surface area contributed by atoms with Crippen LogP contribution in [0.2, 0.25) is 0 Å². The van der Waals surface area contributed by atoms with Crippen LogP contribution in [0.1, 0.15) is 53.3 Å². The predicted octanol–water partition coefficient (Wildman–Crippen LogP) is 2.37. The third-order valence-electron chi connectivity index (χ3n) is 5.09. The molecule has 0 saturated heterocycles. The van der Waals surface area contributed by atoms with Crippen LogP contribution < -0.4 is 0 Å². The average Bonchev–Trinajstić information content (AvgIpc) is 3.18. The van der Waals surface area contributed by atoms with Crippen molar-refractivity contribution in [3.05, 3.63) is 35.0 Å². The third-order valence-corrected chi connectivity index (χ3v) is 5.09. The van der Waals surface area contributed by atoms with Crippen molar-refractivity contribution in [1.29, 1.82) is 0 Å². The van der Waals surface area contributed by atoms with Crippen molar-refractivity contribution >= 4 is 5.91 Å². The first-order valence-corrected chi connectivity index (χ1v) is 9.04. The summed E-state index contributed by atoms with van der Waals surface area (Å²) >= 11 is 0. The summed E-state index contributed by atoms with van der Waals surface area (Å²) in [6.07, 6.45) is 4.80. The Morgan fingerprint density at radius 1 is 1.40 bits per heavy atom. The Balaban J connectivity index is 1.59. The van der Waals surface area contributed by atoms with Crippen molar-refractivity contribution < 1.29 is 13.9 Å². The maximum absolute atomic E-state index is 13.0. The minimum absolute atomic E-state index is 0.0979. The molecule has 2 aliphatic rings. The number of ether oxygens (including phenoxy) is 1. The molecule has 1 fully saturated rings. The number of hydrogen-bond donors (Lipinski definition) is 0. The highest BCUT2D eigenvalue weighted by molar-refractivity contribution is 5.93. The van der Waals surface area contributed by atoms with Crippen LogP contribution in [-0.2, 0) is 17.7 Å². The molecule has 1 atom stereocenters. The summed E-state index contributed by atoms with van der Waals surface area (Å²) in [5, 5.41) is 8.61.